The Labute approximate surface area is 444 Å². The second kappa shape index (κ2) is 52.6. The average molecular weight is 1020 g/mol. The van der Waals surface area contributed by atoms with Crippen LogP contribution in [0.4, 0.5) is 0 Å². The van der Waals surface area contributed by atoms with E-state index in [4.69, 9.17) is 9.47 Å². The van der Waals surface area contributed by atoms with Crippen molar-refractivity contribution in [1.82, 2.24) is 5.32 Å². The molecular formula is C63H117NO8. The van der Waals surface area contributed by atoms with E-state index >= 15 is 0 Å². The lowest BCUT2D eigenvalue weighted by molar-refractivity contribution is -0.302. The third-order valence-electron chi connectivity index (χ3n) is 14.6. The number of hydrogen-bond acceptors (Lipinski definition) is 8. The number of rotatable bonds is 53. The summed E-state index contributed by atoms with van der Waals surface area (Å²) in [7, 11) is 0. The van der Waals surface area contributed by atoms with Crippen LogP contribution in [0.3, 0.4) is 0 Å². The highest BCUT2D eigenvalue weighted by Crippen LogP contribution is 2.23. The van der Waals surface area contributed by atoms with Gasteiger partial charge in [-0.15, -0.1) is 0 Å². The molecule has 1 rings (SSSR count). The van der Waals surface area contributed by atoms with Gasteiger partial charge in [0.15, 0.2) is 6.29 Å². The van der Waals surface area contributed by atoms with Gasteiger partial charge < -0.3 is 40.3 Å². The zero-order valence-electron chi connectivity index (χ0n) is 46.9. The number of amides is 1. The summed E-state index contributed by atoms with van der Waals surface area (Å²) in [5.41, 5.74) is 0. The number of allylic oxidation sites excluding steroid dienone is 7. The number of unbranched alkanes of at least 4 members (excludes halogenated alkanes) is 37. The highest BCUT2D eigenvalue weighted by atomic mass is 16.7. The maximum absolute atomic E-state index is 13.1. The molecule has 7 unspecified atom stereocenters. The van der Waals surface area contributed by atoms with Gasteiger partial charge in [-0.2, -0.15) is 0 Å². The van der Waals surface area contributed by atoms with Gasteiger partial charge in [0.05, 0.1) is 25.4 Å². The molecule has 9 nitrogen and oxygen atoms in total. The van der Waals surface area contributed by atoms with Crippen molar-refractivity contribution in [2.24, 2.45) is 0 Å². The van der Waals surface area contributed by atoms with Gasteiger partial charge in [-0.3, -0.25) is 4.79 Å². The Morgan fingerprint density at radius 1 is 0.458 bits per heavy atom. The van der Waals surface area contributed by atoms with E-state index in [0.717, 1.165) is 44.9 Å². The molecule has 422 valence electrons. The van der Waals surface area contributed by atoms with Crippen LogP contribution in [-0.4, -0.2) is 87.5 Å². The molecule has 1 saturated heterocycles. The zero-order valence-corrected chi connectivity index (χ0v) is 46.9. The van der Waals surface area contributed by atoms with Crippen LogP contribution in [0, 0.1) is 0 Å². The molecular weight excluding hydrogens is 899 g/mol. The van der Waals surface area contributed by atoms with E-state index in [1.807, 2.05) is 6.08 Å². The lowest BCUT2D eigenvalue weighted by Gasteiger charge is -2.40. The molecule has 6 N–H and O–H groups in total. The van der Waals surface area contributed by atoms with Gasteiger partial charge in [-0.05, 0) is 70.6 Å². The van der Waals surface area contributed by atoms with Crippen LogP contribution in [0.2, 0.25) is 0 Å². The monoisotopic (exact) mass is 1020 g/mol. The van der Waals surface area contributed by atoms with E-state index in [-0.39, 0.29) is 12.5 Å². The molecule has 0 aliphatic carbocycles. The first-order valence-corrected chi connectivity index (χ1v) is 30.9. The highest BCUT2D eigenvalue weighted by molar-refractivity contribution is 5.76. The normalized spacial score (nSPS) is 19.5. The molecule has 0 bridgehead atoms. The number of aliphatic hydroxyl groups is 5. The van der Waals surface area contributed by atoms with Gasteiger partial charge >= 0.3 is 0 Å². The fourth-order valence-corrected chi connectivity index (χ4v) is 9.72. The van der Waals surface area contributed by atoms with Crippen LogP contribution >= 0.6 is 0 Å². The largest absolute Gasteiger partial charge is 0.394 e. The molecule has 1 aliphatic rings. The zero-order chi connectivity index (χ0) is 52.2. The number of aliphatic hydroxyl groups excluding tert-OH is 5. The van der Waals surface area contributed by atoms with Crippen LogP contribution in [-0.2, 0) is 14.3 Å². The molecule has 1 amide bonds. The second-order valence-electron chi connectivity index (χ2n) is 21.5. The Hall–Kier alpha value is -1.85. The van der Waals surface area contributed by atoms with Crippen molar-refractivity contribution in [1.29, 1.82) is 0 Å². The van der Waals surface area contributed by atoms with Crippen molar-refractivity contribution in [3.05, 3.63) is 48.6 Å². The van der Waals surface area contributed by atoms with Crippen molar-refractivity contribution in [3.63, 3.8) is 0 Å². The first kappa shape index (κ1) is 68.2. The summed E-state index contributed by atoms with van der Waals surface area (Å²) in [5.74, 6) is -0.188. The van der Waals surface area contributed by atoms with E-state index in [1.165, 1.54) is 225 Å². The van der Waals surface area contributed by atoms with Crippen LogP contribution in [0.25, 0.3) is 0 Å². The fraction of sp³-hybridized carbons (Fsp3) is 0.857. The maximum Gasteiger partial charge on any atom is 0.220 e. The molecule has 72 heavy (non-hydrogen) atoms. The average Bonchev–Trinajstić information content (AvgIpc) is 3.38. The summed E-state index contributed by atoms with van der Waals surface area (Å²) in [4.78, 5) is 13.1. The lowest BCUT2D eigenvalue weighted by atomic mass is 9.99. The number of nitrogens with one attached hydrogen (secondary N) is 1. The Bertz CT molecular complexity index is 1270. The third kappa shape index (κ3) is 41.4. The predicted molar refractivity (Wildman–Crippen MR) is 304 cm³/mol. The summed E-state index contributed by atoms with van der Waals surface area (Å²) in [5, 5.41) is 54.6. The van der Waals surface area contributed by atoms with Crippen LogP contribution in [0.15, 0.2) is 48.6 Å². The minimum atomic E-state index is -1.58. The molecule has 9 heteroatoms. The van der Waals surface area contributed by atoms with E-state index in [1.54, 1.807) is 6.08 Å². The van der Waals surface area contributed by atoms with Crippen molar-refractivity contribution in [3.8, 4) is 0 Å². The van der Waals surface area contributed by atoms with Crippen LogP contribution < -0.4 is 5.32 Å². The number of carbonyl (C=O) groups excluding carboxylic acids is 1. The van der Waals surface area contributed by atoms with Gasteiger partial charge in [-0.1, -0.05) is 262 Å². The predicted octanol–water partition coefficient (Wildman–Crippen LogP) is 15.7. The molecule has 1 heterocycles. The van der Waals surface area contributed by atoms with Crippen molar-refractivity contribution in [2.75, 3.05) is 13.2 Å². The highest BCUT2D eigenvalue weighted by Gasteiger charge is 2.44. The minimum Gasteiger partial charge on any atom is -0.394 e. The Morgan fingerprint density at radius 3 is 1.17 bits per heavy atom. The summed E-state index contributed by atoms with van der Waals surface area (Å²) >= 11 is 0. The smallest absolute Gasteiger partial charge is 0.220 e. The molecule has 1 fully saturated rings. The standard InChI is InChI=1S/C63H117NO8/c1-3-5-7-9-11-13-15-17-19-21-23-25-27-29-31-33-35-37-39-41-43-45-47-49-51-53-59(67)64-56(55-71-63-62(70)61(69)60(68)58(54-65)72-63)57(66)52-50-48-46-44-42-40-38-36-34-32-30-28-26-24-22-20-18-16-14-12-10-8-6-4-2/h21,23,34,36,42,44,50,52,56-58,60-63,65-66,68-70H,3-20,22,24-33,35,37-41,43,45-49,51,53-55H2,1-2H3,(H,64,67)/b23-21-,36-34+,44-42+,52-50+. The molecule has 0 radical (unpaired) electrons. The van der Waals surface area contributed by atoms with Crippen molar-refractivity contribution < 1.29 is 39.8 Å². The number of hydrogen-bond donors (Lipinski definition) is 6. The maximum atomic E-state index is 13.1. The van der Waals surface area contributed by atoms with E-state index < -0.39 is 49.5 Å². The Kier molecular flexibility index (Phi) is 49.8. The summed E-state index contributed by atoms with van der Waals surface area (Å²) in [6, 6.07) is -0.829. The van der Waals surface area contributed by atoms with E-state index in [2.05, 4.69) is 55.6 Å². The Morgan fingerprint density at radius 2 is 0.792 bits per heavy atom. The molecule has 0 spiro atoms. The number of carbonyl (C=O) groups is 1. The SMILES string of the molecule is CCCCCCCCCC/C=C\CCCCCCCCCCCCCCCC(=O)NC(COC1OC(CO)C(O)C(O)C1O)C(O)/C=C/CC/C=C/CC/C=C/CCCCCCCCCCCCCCCC. The molecule has 0 aromatic rings. The van der Waals surface area contributed by atoms with Crippen molar-refractivity contribution in [2.45, 2.75) is 333 Å². The Balaban J connectivity index is 2.23. The third-order valence-corrected chi connectivity index (χ3v) is 14.6. The lowest BCUT2D eigenvalue weighted by Crippen LogP contribution is -2.60. The van der Waals surface area contributed by atoms with E-state index in [9.17, 15) is 30.3 Å². The van der Waals surface area contributed by atoms with Gasteiger partial charge in [0, 0.05) is 6.42 Å². The summed E-state index contributed by atoms with van der Waals surface area (Å²) < 4.78 is 11.3. The van der Waals surface area contributed by atoms with Crippen LogP contribution in [0.1, 0.15) is 290 Å². The van der Waals surface area contributed by atoms with Crippen molar-refractivity contribution >= 4 is 5.91 Å². The van der Waals surface area contributed by atoms with Gasteiger partial charge in [0.25, 0.3) is 0 Å². The molecule has 0 aromatic carbocycles. The van der Waals surface area contributed by atoms with E-state index in [0.29, 0.717) is 6.42 Å². The summed E-state index contributed by atoms with van der Waals surface area (Å²) in [6.45, 7) is 3.79. The minimum absolute atomic E-state index is 0.188. The molecule has 0 saturated carbocycles. The topological polar surface area (TPSA) is 149 Å². The van der Waals surface area contributed by atoms with Gasteiger partial charge in [0.2, 0.25) is 5.91 Å². The second-order valence-corrected chi connectivity index (χ2v) is 21.5. The quantitative estimate of drug-likeness (QED) is 0.0261. The molecule has 7 atom stereocenters. The van der Waals surface area contributed by atoms with Crippen LogP contribution in [0.5, 0.6) is 0 Å². The summed E-state index contributed by atoms with van der Waals surface area (Å²) in [6.07, 6.45) is 63.3. The van der Waals surface area contributed by atoms with Gasteiger partial charge in [-0.25, -0.2) is 0 Å². The first-order chi connectivity index (χ1) is 35.3. The van der Waals surface area contributed by atoms with Gasteiger partial charge in [0.1, 0.15) is 24.4 Å². The fourth-order valence-electron chi connectivity index (χ4n) is 9.72. The molecule has 1 aliphatic heterocycles. The molecule has 0 aromatic heterocycles. The number of ether oxygens (including phenoxy) is 2. The first-order valence-electron chi connectivity index (χ1n) is 30.9.